The highest BCUT2D eigenvalue weighted by molar-refractivity contribution is 5.64. The number of hydrogen-bond donors (Lipinski definition) is 1. The Hall–Kier alpha value is -3.30. The molecule has 7 nitrogen and oxygen atoms in total. The Labute approximate surface area is 216 Å². The Morgan fingerprint density at radius 2 is 1.78 bits per heavy atom. The van der Waals surface area contributed by atoms with E-state index in [1.165, 1.54) is 10.1 Å². The van der Waals surface area contributed by atoms with Crippen LogP contribution in [-0.4, -0.2) is 45.3 Å². The predicted octanol–water partition coefficient (Wildman–Crippen LogP) is 6.14. The van der Waals surface area contributed by atoms with Crippen molar-refractivity contribution in [1.29, 1.82) is 0 Å². The SMILES string of the molecule is CC(C)Oc1cnc(-c2ccccc2C(C)C)nc1NCC1CCN(c2nc(C(F)(F)F)cn2C)CC1. The Balaban J connectivity index is 1.46. The molecule has 0 saturated carbocycles. The van der Waals surface area contributed by atoms with Crippen LogP contribution in [0.1, 0.15) is 57.7 Å². The molecule has 0 radical (unpaired) electrons. The lowest BCUT2D eigenvalue weighted by Crippen LogP contribution is -2.37. The highest BCUT2D eigenvalue weighted by Crippen LogP contribution is 2.33. The molecule has 1 aliphatic heterocycles. The summed E-state index contributed by atoms with van der Waals surface area (Å²) in [7, 11) is 1.60. The standard InChI is InChI=1S/C27H35F3N6O/c1-17(2)20-8-6-7-9-21(20)24-32-15-22(37-18(3)4)25(34-24)31-14-19-10-12-36(13-11-19)26-33-23(16-35(26)5)27(28,29)30/h6-9,15-19H,10-14H2,1-5H3,(H,31,32,34). The number of anilines is 2. The van der Waals surface area contributed by atoms with Crippen LogP contribution in [0.15, 0.2) is 36.7 Å². The maximum Gasteiger partial charge on any atom is 0.434 e. The first-order valence-corrected chi connectivity index (χ1v) is 12.7. The minimum Gasteiger partial charge on any atom is -0.486 e. The molecule has 1 aliphatic rings. The van der Waals surface area contributed by atoms with Gasteiger partial charge in [-0.3, -0.25) is 0 Å². The van der Waals surface area contributed by atoms with Crippen LogP contribution < -0.4 is 15.0 Å². The average Bonchev–Trinajstić information content (AvgIpc) is 3.25. The Bertz CT molecular complexity index is 1200. The average molecular weight is 517 g/mol. The molecule has 0 amide bonds. The molecule has 2 aromatic heterocycles. The Morgan fingerprint density at radius 3 is 2.41 bits per heavy atom. The minimum atomic E-state index is -4.44. The summed E-state index contributed by atoms with van der Waals surface area (Å²) in [6.45, 7) is 10.2. The van der Waals surface area contributed by atoms with Gasteiger partial charge in [-0.2, -0.15) is 13.2 Å². The van der Waals surface area contributed by atoms with E-state index in [1.807, 2.05) is 36.9 Å². The van der Waals surface area contributed by atoms with E-state index in [2.05, 4.69) is 35.2 Å². The molecule has 3 aromatic rings. The van der Waals surface area contributed by atoms with Crippen LogP contribution in [-0.2, 0) is 13.2 Å². The van der Waals surface area contributed by atoms with Gasteiger partial charge >= 0.3 is 6.18 Å². The second-order valence-electron chi connectivity index (χ2n) is 10.2. The van der Waals surface area contributed by atoms with Gasteiger partial charge in [-0.25, -0.2) is 15.0 Å². The lowest BCUT2D eigenvalue weighted by atomic mass is 9.96. The van der Waals surface area contributed by atoms with Crippen LogP contribution in [0.2, 0.25) is 0 Å². The van der Waals surface area contributed by atoms with Gasteiger partial charge in [0.1, 0.15) is 0 Å². The van der Waals surface area contributed by atoms with Crippen LogP contribution in [0, 0.1) is 5.92 Å². The number of alkyl halides is 3. The van der Waals surface area contributed by atoms with Gasteiger partial charge in [-0.1, -0.05) is 38.1 Å². The first kappa shape index (κ1) is 26.8. The van der Waals surface area contributed by atoms with Crippen molar-refractivity contribution in [3.8, 4) is 17.1 Å². The number of nitrogens with zero attached hydrogens (tertiary/aromatic N) is 5. The van der Waals surface area contributed by atoms with Gasteiger partial charge in [0, 0.05) is 38.4 Å². The van der Waals surface area contributed by atoms with Crippen molar-refractivity contribution in [2.75, 3.05) is 29.9 Å². The van der Waals surface area contributed by atoms with E-state index in [1.54, 1.807) is 13.2 Å². The Morgan fingerprint density at radius 1 is 1.08 bits per heavy atom. The second-order valence-corrected chi connectivity index (χ2v) is 10.2. The van der Waals surface area contributed by atoms with Crippen LogP contribution in [0.3, 0.4) is 0 Å². The molecule has 1 N–H and O–H groups in total. The number of piperidine rings is 1. The summed E-state index contributed by atoms with van der Waals surface area (Å²) in [5.74, 6) is 2.93. The van der Waals surface area contributed by atoms with E-state index < -0.39 is 11.9 Å². The summed E-state index contributed by atoms with van der Waals surface area (Å²) in [6, 6.07) is 8.15. The number of ether oxygens (including phenoxy) is 1. The number of aromatic nitrogens is 4. The van der Waals surface area contributed by atoms with Crippen LogP contribution in [0.25, 0.3) is 11.4 Å². The van der Waals surface area contributed by atoms with Gasteiger partial charge in [0.05, 0.1) is 12.3 Å². The molecule has 10 heteroatoms. The lowest BCUT2D eigenvalue weighted by molar-refractivity contribution is -0.140. The first-order valence-electron chi connectivity index (χ1n) is 12.7. The normalized spacial score (nSPS) is 15.0. The molecule has 0 aliphatic carbocycles. The fraction of sp³-hybridized carbons (Fsp3) is 0.519. The summed E-state index contributed by atoms with van der Waals surface area (Å²) in [5, 5.41) is 3.47. The van der Waals surface area contributed by atoms with Crippen molar-refractivity contribution >= 4 is 11.8 Å². The van der Waals surface area contributed by atoms with E-state index in [-0.39, 0.29) is 6.10 Å². The van der Waals surface area contributed by atoms with Crippen LogP contribution in [0.4, 0.5) is 24.9 Å². The van der Waals surface area contributed by atoms with Crippen molar-refractivity contribution < 1.29 is 17.9 Å². The van der Waals surface area contributed by atoms with Crippen molar-refractivity contribution in [2.45, 2.75) is 58.7 Å². The summed E-state index contributed by atoms with van der Waals surface area (Å²) in [5.41, 5.74) is 1.32. The third kappa shape index (κ3) is 6.34. The van der Waals surface area contributed by atoms with Crippen LogP contribution in [0.5, 0.6) is 5.75 Å². The van der Waals surface area contributed by atoms with Gasteiger partial charge < -0.3 is 19.5 Å². The molecular formula is C27H35F3N6O. The van der Waals surface area contributed by atoms with Gasteiger partial charge in [0.2, 0.25) is 5.95 Å². The van der Waals surface area contributed by atoms with Crippen molar-refractivity contribution in [2.24, 2.45) is 13.0 Å². The van der Waals surface area contributed by atoms with E-state index in [4.69, 9.17) is 9.72 Å². The Kier molecular flexibility index (Phi) is 7.94. The van der Waals surface area contributed by atoms with Gasteiger partial charge in [0.15, 0.2) is 23.1 Å². The molecule has 200 valence electrons. The summed E-state index contributed by atoms with van der Waals surface area (Å²) >= 11 is 0. The van der Waals surface area contributed by atoms with Crippen molar-refractivity contribution in [3.05, 3.63) is 47.9 Å². The van der Waals surface area contributed by atoms with Gasteiger partial charge in [-0.15, -0.1) is 0 Å². The quantitative estimate of drug-likeness (QED) is 0.388. The van der Waals surface area contributed by atoms with E-state index in [0.717, 1.165) is 24.6 Å². The summed E-state index contributed by atoms with van der Waals surface area (Å²) < 4.78 is 46.6. The zero-order valence-corrected chi connectivity index (χ0v) is 22.0. The van der Waals surface area contributed by atoms with Crippen LogP contribution >= 0.6 is 0 Å². The van der Waals surface area contributed by atoms with Crippen molar-refractivity contribution in [3.63, 3.8) is 0 Å². The third-order valence-corrected chi connectivity index (χ3v) is 6.54. The molecule has 0 atom stereocenters. The molecule has 1 saturated heterocycles. The molecular weight excluding hydrogens is 481 g/mol. The molecule has 4 rings (SSSR count). The highest BCUT2D eigenvalue weighted by Gasteiger charge is 2.35. The maximum absolute atomic E-state index is 13.1. The lowest BCUT2D eigenvalue weighted by Gasteiger charge is -2.32. The monoisotopic (exact) mass is 516 g/mol. The topological polar surface area (TPSA) is 68.1 Å². The predicted molar refractivity (Wildman–Crippen MR) is 139 cm³/mol. The van der Waals surface area contributed by atoms with Crippen molar-refractivity contribution in [1.82, 2.24) is 19.5 Å². The zero-order valence-electron chi connectivity index (χ0n) is 22.0. The fourth-order valence-electron chi connectivity index (χ4n) is 4.64. The number of halogens is 3. The third-order valence-electron chi connectivity index (χ3n) is 6.54. The second kappa shape index (κ2) is 11.0. The molecule has 0 unspecified atom stereocenters. The molecule has 0 spiro atoms. The van der Waals surface area contributed by atoms with E-state index >= 15 is 0 Å². The number of imidazole rings is 1. The number of hydrogen-bond acceptors (Lipinski definition) is 6. The number of nitrogens with one attached hydrogen (secondary N) is 1. The fourth-order valence-corrected chi connectivity index (χ4v) is 4.64. The van der Waals surface area contributed by atoms with Gasteiger partial charge in [-0.05, 0) is 44.1 Å². The molecule has 3 heterocycles. The highest BCUT2D eigenvalue weighted by atomic mass is 19.4. The summed E-state index contributed by atoms with van der Waals surface area (Å²) in [4.78, 5) is 15.2. The summed E-state index contributed by atoms with van der Waals surface area (Å²) in [6.07, 6.45) is -0.0426. The smallest absolute Gasteiger partial charge is 0.434 e. The molecule has 37 heavy (non-hydrogen) atoms. The molecule has 0 bridgehead atoms. The first-order chi connectivity index (χ1) is 17.5. The van der Waals surface area contributed by atoms with E-state index in [0.29, 0.717) is 54.8 Å². The maximum atomic E-state index is 13.1. The number of benzene rings is 1. The zero-order chi connectivity index (χ0) is 26.7. The van der Waals surface area contributed by atoms with E-state index in [9.17, 15) is 13.2 Å². The number of aryl methyl sites for hydroxylation is 1. The number of rotatable bonds is 8. The molecule has 1 aromatic carbocycles. The minimum absolute atomic E-state index is 0.0273. The largest absolute Gasteiger partial charge is 0.486 e. The molecule has 1 fully saturated rings. The van der Waals surface area contributed by atoms with Gasteiger partial charge in [0.25, 0.3) is 0 Å².